The molecule has 21 heavy (non-hydrogen) atoms. The summed E-state index contributed by atoms with van der Waals surface area (Å²) in [6.07, 6.45) is -0.515. The topological polar surface area (TPSA) is 60.4 Å². The molecule has 1 N–H and O–H groups in total. The van der Waals surface area contributed by atoms with Gasteiger partial charge in [0.05, 0.1) is 13.2 Å². The van der Waals surface area contributed by atoms with Gasteiger partial charge in [-0.1, -0.05) is 0 Å². The predicted octanol–water partition coefficient (Wildman–Crippen LogP) is -2.51. The van der Waals surface area contributed by atoms with Crippen molar-refractivity contribution in [1.29, 1.82) is 0 Å². The molecule has 7 heteroatoms. The highest BCUT2D eigenvalue weighted by molar-refractivity contribution is 5.46. The second kappa shape index (κ2) is 7.70. The van der Waals surface area contributed by atoms with Crippen LogP contribution >= 0.6 is 0 Å². The number of nitrogens with zero attached hydrogens (tertiary/aromatic N) is 1. The second-order valence-electron chi connectivity index (χ2n) is 4.89. The molecule has 118 valence electrons. The maximum absolute atomic E-state index is 9.99. The van der Waals surface area contributed by atoms with Crippen LogP contribution in [0.15, 0.2) is 18.2 Å². The number of benzene rings is 1. The molecule has 0 aliphatic carbocycles. The van der Waals surface area contributed by atoms with Crippen LogP contribution in [0.25, 0.3) is 0 Å². The molecule has 0 spiro atoms. The Hall–Kier alpha value is -1.21. The molecule has 1 unspecified atom stereocenters. The van der Waals surface area contributed by atoms with E-state index in [1.165, 1.54) is 0 Å². The number of rotatable bonds is 5. The summed E-state index contributed by atoms with van der Waals surface area (Å²) in [6.45, 7) is 4.30. The minimum Gasteiger partial charge on any atom is -1.00 e. The SMILES string of the molecule is OC(COc1ccc2c(c1)OCO2)CN1CCOCC1.[Cl-]. The number of ether oxygens (including phenoxy) is 4. The molecule has 0 aromatic heterocycles. The van der Waals surface area contributed by atoms with Crippen LogP contribution in [0.2, 0.25) is 0 Å². The number of hydrogen-bond acceptors (Lipinski definition) is 6. The lowest BCUT2D eigenvalue weighted by atomic mass is 10.3. The number of hydrogen-bond donors (Lipinski definition) is 1. The molecular formula is C14H19ClNO5-. The molecule has 0 radical (unpaired) electrons. The maximum Gasteiger partial charge on any atom is 0.231 e. The Labute approximate surface area is 130 Å². The normalized spacial score (nSPS) is 18.9. The van der Waals surface area contributed by atoms with Crippen molar-refractivity contribution in [2.45, 2.75) is 6.10 Å². The third-order valence-corrected chi connectivity index (χ3v) is 3.36. The molecule has 3 rings (SSSR count). The van der Waals surface area contributed by atoms with Crippen molar-refractivity contribution in [3.05, 3.63) is 18.2 Å². The van der Waals surface area contributed by atoms with Gasteiger partial charge in [0, 0.05) is 25.7 Å². The van der Waals surface area contributed by atoms with Gasteiger partial charge in [0.2, 0.25) is 6.79 Å². The lowest BCUT2D eigenvalue weighted by Gasteiger charge is -2.28. The molecule has 2 aliphatic rings. The Morgan fingerprint density at radius 1 is 1.19 bits per heavy atom. The van der Waals surface area contributed by atoms with Gasteiger partial charge in [0.15, 0.2) is 11.5 Å². The summed E-state index contributed by atoms with van der Waals surface area (Å²) in [7, 11) is 0. The number of β-amino-alcohol motifs (C(OH)–C–C–N with tert-alkyl or cyclic N) is 1. The highest BCUT2D eigenvalue weighted by Crippen LogP contribution is 2.35. The van der Waals surface area contributed by atoms with Crippen molar-refractivity contribution in [2.24, 2.45) is 0 Å². The highest BCUT2D eigenvalue weighted by Gasteiger charge is 2.17. The first kappa shape index (κ1) is 16.2. The predicted molar refractivity (Wildman–Crippen MR) is 71.3 cm³/mol. The average molecular weight is 317 g/mol. The fraction of sp³-hybridized carbons (Fsp3) is 0.571. The molecule has 1 fully saturated rings. The first-order chi connectivity index (χ1) is 9.81. The highest BCUT2D eigenvalue weighted by atomic mass is 35.5. The number of morpholine rings is 1. The van der Waals surface area contributed by atoms with E-state index >= 15 is 0 Å². The zero-order valence-electron chi connectivity index (χ0n) is 11.7. The monoisotopic (exact) mass is 316 g/mol. The van der Waals surface area contributed by atoms with Crippen LogP contribution in [0.1, 0.15) is 0 Å². The van der Waals surface area contributed by atoms with E-state index in [0.29, 0.717) is 18.0 Å². The molecule has 1 aromatic carbocycles. The van der Waals surface area contributed by atoms with Gasteiger partial charge in [-0.15, -0.1) is 0 Å². The van der Waals surface area contributed by atoms with Crippen LogP contribution in [0, 0.1) is 0 Å². The van der Waals surface area contributed by atoms with E-state index in [1.807, 2.05) is 12.1 Å². The number of aliphatic hydroxyl groups is 1. The molecule has 2 aliphatic heterocycles. The Morgan fingerprint density at radius 2 is 1.95 bits per heavy atom. The summed E-state index contributed by atoms with van der Waals surface area (Å²) in [5, 5.41) is 9.99. The van der Waals surface area contributed by atoms with Crippen LogP contribution < -0.4 is 26.6 Å². The summed E-state index contributed by atoms with van der Waals surface area (Å²) >= 11 is 0. The zero-order chi connectivity index (χ0) is 13.8. The van der Waals surface area contributed by atoms with E-state index in [9.17, 15) is 5.11 Å². The number of halogens is 1. The molecule has 6 nitrogen and oxygen atoms in total. The minimum atomic E-state index is -0.515. The minimum absolute atomic E-state index is 0. The standard InChI is InChI=1S/C14H19NO5.ClH/c16-11(8-15-3-5-17-6-4-15)9-18-12-1-2-13-14(7-12)20-10-19-13;/h1-2,7,11,16H,3-6,8-10H2;1H/p-1. The first-order valence-electron chi connectivity index (χ1n) is 6.82. The third kappa shape index (κ3) is 4.38. The van der Waals surface area contributed by atoms with Gasteiger partial charge >= 0.3 is 0 Å². The third-order valence-electron chi connectivity index (χ3n) is 3.36. The Bertz CT molecular complexity index is 453. The molecule has 0 amide bonds. The molecule has 2 heterocycles. The Kier molecular flexibility index (Phi) is 5.93. The van der Waals surface area contributed by atoms with E-state index in [0.717, 1.165) is 32.1 Å². The summed E-state index contributed by atoms with van der Waals surface area (Å²) in [5.74, 6) is 2.09. The lowest BCUT2D eigenvalue weighted by Crippen LogP contribution is -3.00. The van der Waals surface area contributed by atoms with Crippen molar-refractivity contribution >= 4 is 0 Å². The van der Waals surface area contributed by atoms with Gasteiger partial charge in [-0.2, -0.15) is 0 Å². The summed E-state index contributed by atoms with van der Waals surface area (Å²) in [4.78, 5) is 2.18. The van der Waals surface area contributed by atoms with Crippen LogP contribution in [0.4, 0.5) is 0 Å². The van der Waals surface area contributed by atoms with Gasteiger partial charge < -0.3 is 36.5 Å². The van der Waals surface area contributed by atoms with E-state index in [1.54, 1.807) is 6.07 Å². The van der Waals surface area contributed by atoms with Crippen molar-refractivity contribution in [2.75, 3.05) is 46.2 Å². The summed E-state index contributed by atoms with van der Waals surface area (Å²) < 4.78 is 21.4. The lowest BCUT2D eigenvalue weighted by molar-refractivity contribution is -0.0000345. The van der Waals surface area contributed by atoms with Gasteiger partial charge in [0.25, 0.3) is 0 Å². The fourth-order valence-electron chi connectivity index (χ4n) is 2.29. The first-order valence-corrected chi connectivity index (χ1v) is 6.82. The van der Waals surface area contributed by atoms with Crippen LogP contribution in [-0.4, -0.2) is 62.4 Å². The molecule has 0 saturated carbocycles. The molecule has 1 aromatic rings. The van der Waals surface area contributed by atoms with Gasteiger partial charge in [-0.3, -0.25) is 4.90 Å². The van der Waals surface area contributed by atoms with Crippen molar-refractivity contribution < 1.29 is 36.5 Å². The van der Waals surface area contributed by atoms with Crippen molar-refractivity contribution in [1.82, 2.24) is 4.90 Å². The molecule has 0 bridgehead atoms. The summed E-state index contributed by atoms with van der Waals surface area (Å²) in [6, 6.07) is 5.41. The number of aliphatic hydroxyl groups excluding tert-OH is 1. The quantitative estimate of drug-likeness (QED) is 0.648. The van der Waals surface area contributed by atoms with Crippen molar-refractivity contribution in [3.8, 4) is 17.2 Å². The molecular weight excluding hydrogens is 298 g/mol. The average Bonchev–Trinajstić information content (AvgIpc) is 2.93. The Morgan fingerprint density at radius 3 is 2.76 bits per heavy atom. The summed E-state index contributed by atoms with van der Waals surface area (Å²) in [5.41, 5.74) is 0. The van der Waals surface area contributed by atoms with Crippen molar-refractivity contribution in [3.63, 3.8) is 0 Å². The zero-order valence-corrected chi connectivity index (χ0v) is 12.4. The van der Waals surface area contributed by atoms with E-state index < -0.39 is 6.10 Å². The number of fused-ring (bicyclic) bond motifs is 1. The second-order valence-corrected chi connectivity index (χ2v) is 4.89. The van der Waals surface area contributed by atoms with E-state index in [-0.39, 0.29) is 25.8 Å². The van der Waals surface area contributed by atoms with Gasteiger partial charge in [-0.05, 0) is 12.1 Å². The van der Waals surface area contributed by atoms with E-state index in [4.69, 9.17) is 18.9 Å². The van der Waals surface area contributed by atoms with E-state index in [2.05, 4.69) is 4.90 Å². The molecule has 1 saturated heterocycles. The van der Waals surface area contributed by atoms with Crippen LogP contribution in [0.5, 0.6) is 17.2 Å². The largest absolute Gasteiger partial charge is 1.00 e. The molecule has 1 atom stereocenters. The van der Waals surface area contributed by atoms with Gasteiger partial charge in [0.1, 0.15) is 18.5 Å². The maximum atomic E-state index is 9.99. The van der Waals surface area contributed by atoms with Crippen LogP contribution in [-0.2, 0) is 4.74 Å². The fourth-order valence-corrected chi connectivity index (χ4v) is 2.29. The Balaban J connectivity index is 0.00000161. The van der Waals surface area contributed by atoms with Crippen LogP contribution in [0.3, 0.4) is 0 Å². The van der Waals surface area contributed by atoms with Gasteiger partial charge in [-0.25, -0.2) is 0 Å². The smallest absolute Gasteiger partial charge is 0.231 e.